The first kappa shape index (κ1) is 21.3. The van der Waals surface area contributed by atoms with Crippen molar-refractivity contribution >= 4 is 17.8 Å². The van der Waals surface area contributed by atoms with Gasteiger partial charge in [0.2, 0.25) is 5.91 Å². The molecule has 0 bridgehead atoms. The monoisotopic (exact) mass is 363 g/mol. The maximum absolute atomic E-state index is 12.0. The van der Waals surface area contributed by atoms with Gasteiger partial charge in [-0.1, -0.05) is 0 Å². The predicted molar refractivity (Wildman–Crippen MR) is 81.9 cm³/mol. The Bertz CT molecular complexity index is 491. The maximum atomic E-state index is 12.0. The van der Waals surface area contributed by atoms with Crippen molar-refractivity contribution in [3.63, 3.8) is 0 Å². The van der Waals surface area contributed by atoms with Gasteiger partial charge in [-0.25, -0.2) is 4.79 Å². The summed E-state index contributed by atoms with van der Waals surface area (Å²) in [6.07, 6.45) is -6.02. The Morgan fingerprint density at radius 3 is 2.40 bits per heavy atom. The third-order valence-electron chi connectivity index (χ3n) is 3.65. The van der Waals surface area contributed by atoms with E-state index in [2.05, 4.69) is 5.32 Å². The molecule has 1 heterocycles. The summed E-state index contributed by atoms with van der Waals surface area (Å²) in [6.45, 7) is 5.07. The van der Waals surface area contributed by atoms with E-state index in [1.54, 1.807) is 0 Å². The van der Waals surface area contributed by atoms with Crippen LogP contribution in [0.2, 0.25) is 0 Å². The fraction of sp³-hybridized carbons (Fsp3) is 0.800. The van der Waals surface area contributed by atoms with E-state index < -0.39 is 60.5 Å². The van der Waals surface area contributed by atoms with Gasteiger partial charge in [-0.05, 0) is 13.8 Å². The van der Waals surface area contributed by atoms with Crippen LogP contribution in [0, 0.1) is 0 Å². The van der Waals surface area contributed by atoms with Crippen LogP contribution in [-0.2, 0) is 28.6 Å². The largest absolute Gasteiger partial charge is 0.462 e. The lowest BCUT2D eigenvalue weighted by atomic mass is 9.88. The van der Waals surface area contributed by atoms with Gasteiger partial charge >= 0.3 is 11.9 Å². The number of carbonyl (C=O) groups is 3. The second-order valence-electron chi connectivity index (χ2n) is 5.90. The van der Waals surface area contributed by atoms with E-state index in [9.17, 15) is 29.7 Å². The van der Waals surface area contributed by atoms with Crippen LogP contribution >= 0.6 is 0 Å². The highest BCUT2D eigenvalue weighted by atomic mass is 16.7. The number of aliphatic hydroxyl groups excluding tert-OH is 2. The Morgan fingerprint density at radius 2 is 1.96 bits per heavy atom. The van der Waals surface area contributed by atoms with Gasteiger partial charge in [0.1, 0.15) is 6.10 Å². The van der Waals surface area contributed by atoms with Crippen molar-refractivity contribution < 1.29 is 43.9 Å². The number of ether oxygens (including phenoxy) is 3. The van der Waals surface area contributed by atoms with Crippen LogP contribution in [0.25, 0.3) is 0 Å². The minimum Gasteiger partial charge on any atom is -0.462 e. The van der Waals surface area contributed by atoms with Crippen LogP contribution in [0.1, 0.15) is 34.1 Å². The Balaban J connectivity index is 3.22. The van der Waals surface area contributed by atoms with E-state index in [4.69, 9.17) is 14.2 Å². The van der Waals surface area contributed by atoms with Crippen LogP contribution in [-0.4, -0.2) is 76.0 Å². The Kier molecular flexibility index (Phi) is 7.29. The number of nitrogens with one attached hydrogen (secondary N) is 1. The van der Waals surface area contributed by atoms with Crippen molar-refractivity contribution in [1.82, 2.24) is 5.32 Å². The Morgan fingerprint density at radius 1 is 1.36 bits per heavy atom. The zero-order valence-electron chi connectivity index (χ0n) is 14.6. The normalized spacial score (nSPS) is 31.6. The topological polar surface area (TPSA) is 152 Å². The first-order valence-corrected chi connectivity index (χ1v) is 7.89. The summed E-state index contributed by atoms with van der Waals surface area (Å²) in [7, 11) is 0. The third kappa shape index (κ3) is 5.36. The van der Waals surface area contributed by atoms with E-state index in [1.807, 2.05) is 0 Å². The summed E-state index contributed by atoms with van der Waals surface area (Å²) < 4.78 is 15.1. The van der Waals surface area contributed by atoms with Crippen molar-refractivity contribution in [3.05, 3.63) is 0 Å². The molecular formula is C15H25NO9. The van der Waals surface area contributed by atoms with E-state index in [0.29, 0.717) is 0 Å². The number of carbonyl (C=O) groups excluding carboxylic acids is 3. The van der Waals surface area contributed by atoms with E-state index in [1.165, 1.54) is 20.8 Å². The van der Waals surface area contributed by atoms with E-state index in [-0.39, 0.29) is 6.61 Å². The number of amides is 1. The van der Waals surface area contributed by atoms with Crippen molar-refractivity contribution in [2.24, 2.45) is 0 Å². The molecule has 6 atom stereocenters. The second kappa shape index (κ2) is 8.56. The minimum absolute atomic E-state index is 0.0375. The Labute approximate surface area is 145 Å². The van der Waals surface area contributed by atoms with Gasteiger partial charge in [0.15, 0.2) is 6.10 Å². The fourth-order valence-electron chi connectivity index (χ4n) is 2.67. The molecular weight excluding hydrogens is 338 g/mol. The van der Waals surface area contributed by atoms with Gasteiger partial charge in [0.05, 0.1) is 24.9 Å². The molecule has 10 heteroatoms. The number of hydrogen-bond acceptors (Lipinski definition) is 9. The molecule has 0 radical (unpaired) electrons. The lowest BCUT2D eigenvalue weighted by Crippen LogP contribution is -2.67. The van der Waals surface area contributed by atoms with Gasteiger partial charge in [-0.2, -0.15) is 0 Å². The first-order chi connectivity index (χ1) is 11.5. The summed E-state index contributed by atoms with van der Waals surface area (Å²) in [5, 5.41) is 33.1. The van der Waals surface area contributed by atoms with Gasteiger partial charge in [-0.3, -0.25) is 9.59 Å². The van der Waals surface area contributed by atoms with Crippen molar-refractivity contribution in [1.29, 1.82) is 0 Å². The fourth-order valence-corrected chi connectivity index (χ4v) is 2.67. The van der Waals surface area contributed by atoms with Gasteiger partial charge in [-0.15, -0.1) is 0 Å². The maximum Gasteiger partial charge on any atom is 0.366 e. The van der Waals surface area contributed by atoms with Gasteiger partial charge in [0.25, 0.3) is 5.79 Å². The molecule has 10 nitrogen and oxygen atoms in total. The van der Waals surface area contributed by atoms with E-state index in [0.717, 1.165) is 6.92 Å². The molecule has 25 heavy (non-hydrogen) atoms. The lowest BCUT2D eigenvalue weighted by Gasteiger charge is -2.45. The molecule has 0 aliphatic carbocycles. The summed E-state index contributed by atoms with van der Waals surface area (Å²) in [5.41, 5.74) is 0. The summed E-state index contributed by atoms with van der Waals surface area (Å²) >= 11 is 0. The van der Waals surface area contributed by atoms with Crippen LogP contribution < -0.4 is 5.32 Å². The van der Waals surface area contributed by atoms with Crippen LogP contribution in [0.5, 0.6) is 0 Å². The summed E-state index contributed by atoms with van der Waals surface area (Å²) in [6, 6.07) is -1.13. The average Bonchev–Trinajstić information content (AvgIpc) is 2.47. The molecule has 0 unspecified atom stereocenters. The van der Waals surface area contributed by atoms with Gasteiger partial charge in [0, 0.05) is 20.3 Å². The first-order valence-electron chi connectivity index (χ1n) is 7.89. The molecule has 1 aliphatic rings. The molecule has 1 fully saturated rings. The molecule has 1 aliphatic heterocycles. The molecule has 1 amide bonds. The molecule has 4 N–H and O–H groups in total. The Hall–Kier alpha value is -1.75. The molecule has 1 saturated heterocycles. The van der Waals surface area contributed by atoms with Crippen LogP contribution in [0.3, 0.4) is 0 Å². The standard InChI is InChI=1S/C15H25NO9/c1-5-23-14(21)15(22)6-10(20)11(16-8(3)18)13(25-15)12(7(2)17)24-9(4)19/h7,10-13,17,20,22H,5-6H2,1-4H3,(H,16,18)/t7-,10+,11-,12-,13-,15-/m1/s1. The quantitative estimate of drug-likeness (QED) is 0.401. The third-order valence-corrected chi connectivity index (χ3v) is 3.65. The van der Waals surface area contributed by atoms with Crippen LogP contribution in [0.4, 0.5) is 0 Å². The minimum atomic E-state index is -2.51. The highest BCUT2D eigenvalue weighted by Gasteiger charge is 2.55. The number of hydrogen-bond donors (Lipinski definition) is 4. The second-order valence-corrected chi connectivity index (χ2v) is 5.90. The number of rotatable bonds is 6. The highest BCUT2D eigenvalue weighted by Crippen LogP contribution is 2.32. The zero-order valence-corrected chi connectivity index (χ0v) is 14.6. The smallest absolute Gasteiger partial charge is 0.366 e. The van der Waals surface area contributed by atoms with Gasteiger partial charge < -0.3 is 34.8 Å². The summed E-state index contributed by atoms with van der Waals surface area (Å²) in [4.78, 5) is 34.7. The predicted octanol–water partition coefficient (Wildman–Crippen LogP) is -1.79. The van der Waals surface area contributed by atoms with Crippen molar-refractivity contribution in [2.75, 3.05) is 6.61 Å². The number of esters is 2. The average molecular weight is 363 g/mol. The summed E-state index contributed by atoms with van der Waals surface area (Å²) in [5.74, 6) is -4.92. The molecule has 0 spiro atoms. The molecule has 0 saturated carbocycles. The highest BCUT2D eigenvalue weighted by molar-refractivity contribution is 5.78. The molecule has 1 rings (SSSR count). The van der Waals surface area contributed by atoms with Crippen LogP contribution in [0.15, 0.2) is 0 Å². The van der Waals surface area contributed by atoms with Crippen molar-refractivity contribution in [2.45, 2.75) is 70.4 Å². The lowest BCUT2D eigenvalue weighted by molar-refractivity contribution is -0.297. The SMILES string of the molecule is CCOC(=O)[C@@]1(O)C[C@H](O)[C@@H](NC(C)=O)[C@H]([C@H](OC(C)=O)[C@@H](C)O)O1. The van der Waals surface area contributed by atoms with Crippen molar-refractivity contribution in [3.8, 4) is 0 Å². The molecule has 144 valence electrons. The van der Waals surface area contributed by atoms with E-state index >= 15 is 0 Å². The molecule has 0 aromatic rings. The number of aliphatic hydroxyl groups is 3. The molecule has 0 aromatic carbocycles. The molecule has 0 aromatic heterocycles. The zero-order chi connectivity index (χ0) is 19.4.